The number of carbonyl (C=O) groups excluding carboxylic acids is 1. The van der Waals surface area contributed by atoms with Gasteiger partial charge in [0.25, 0.3) is 5.91 Å². The number of carbonyl (C=O) groups is 1. The SMILES string of the molecule is Cc1cc(C)c2c(c1)/C(=N/O)C(=O)N2Cc1ccc(S(C)(=O)=O)cc1. The number of aryl methyl sites for hydroxylation is 2. The van der Waals surface area contributed by atoms with Crippen LogP contribution in [0.3, 0.4) is 0 Å². The minimum atomic E-state index is -3.26. The van der Waals surface area contributed by atoms with Gasteiger partial charge in [0.05, 0.1) is 17.1 Å². The van der Waals surface area contributed by atoms with Gasteiger partial charge >= 0.3 is 0 Å². The van der Waals surface area contributed by atoms with E-state index in [1.807, 2.05) is 26.0 Å². The normalized spacial score (nSPS) is 15.7. The van der Waals surface area contributed by atoms with E-state index in [1.54, 1.807) is 17.0 Å². The minimum absolute atomic E-state index is 0.0227. The van der Waals surface area contributed by atoms with Crippen LogP contribution in [0, 0.1) is 13.8 Å². The molecule has 1 heterocycles. The van der Waals surface area contributed by atoms with Crippen LogP contribution in [0.4, 0.5) is 5.69 Å². The van der Waals surface area contributed by atoms with E-state index in [2.05, 4.69) is 5.16 Å². The molecule has 25 heavy (non-hydrogen) atoms. The van der Waals surface area contributed by atoms with Crippen molar-refractivity contribution in [2.24, 2.45) is 5.16 Å². The van der Waals surface area contributed by atoms with Gasteiger partial charge in [0, 0.05) is 11.8 Å². The average Bonchev–Trinajstić information content (AvgIpc) is 2.78. The molecular weight excluding hydrogens is 340 g/mol. The first-order valence-corrected chi connectivity index (χ1v) is 9.56. The van der Waals surface area contributed by atoms with Gasteiger partial charge in [-0.1, -0.05) is 28.9 Å². The number of fused-ring (bicyclic) bond motifs is 1. The summed E-state index contributed by atoms with van der Waals surface area (Å²) in [5.41, 5.74) is 4.02. The van der Waals surface area contributed by atoms with Crippen molar-refractivity contribution in [3.63, 3.8) is 0 Å². The van der Waals surface area contributed by atoms with Crippen LogP contribution >= 0.6 is 0 Å². The highest BCUT2D eigenvalue weighted by Crippen LogP contribution is 2.35. The Morgan fingerprint density at radius 3 is 2.32 bits per heavy atom. The van der Waals surface area contributed by atoms with Crippen molar-refractivity contribution in [1.29, 1.82) is 0 Å². The molecule has 0 saturated carbocycles. The maximum Gasteiger partial charge on any atom is 0.281 e. The summed E-state index contributed by atoms with van der Waals surface area (Å²) in [5.74, 6) is -0.376. The molecule has 130 valence electrons. The van der Waals surface area contributed by atoms with Crippen molar-refractivity contribution < 1.29 is 18.4 Å². The Hall–Kier alpha value is -2.67. The molecule has 0 saturated heterocycles. The molecule has 2 aromatic carbocycles. The van der Waals surface area contributed by atoms with Gasteiger partial charge in [-0.15, -0.1) is 0 Å². The molecule has 3 rings (SSSR count). The van der Waals surface area contributed by atoms with Crippen molar-refractivity contribution in [3.05, 3.63) is 58.7 Å². The van der Waals surface area contributed by atoms with Crippen molar-refractivity contribution in [1.82, 2.24) is 0 Å². The third-order valence-corrected chi connectivity index (χ3v) is 5.34. The number of oxime groups is 1. The molecule has 0 aromatic heterocycles. The Labute approximate surface area is 146 Å². The second-order valence-corrected chi connectivity index (χ2v) is 8.25. The third kappa shape index (κ3) is 3.02. The number of sulfone groups is 1. The Balaban J connectivity index is 2.01. The van der Waals surface area contributed by atoms with Gasteiger partial charge in [0.1, 0.15) is 0 Å². The lowest BCUT2D eigenvalue weighted by Gasteiger charge is -2.19. The number of hydrogen-bond donors (Lipinski definition) is 1. The van der Waals surface area contributed by atoms with E-state index in [1.165, 1.54) is 12.1 Å². The number of nitrogens with zero attached hydrogens (tertiary/aromatic N) is 2. The summed E-state index contributed by atoms with van der Waals surface area (Å²) < 4.78 is 23.1. The Morgan fingerprint density at radius 2 is 1.76 bits per heavy atom. The van der Waals surface area contributed by atoms with Crippen LogP contribution in [-0.2, 0) is 21.2 Å². The summed E-state index contributed by atoms with van der Waals surface area (Å²) >= 11 is 0. The molecule has 0 fully saturated rings. The predicted molar refractivity (Wildman–Crippen MR) is 95.0 cm³/mol. The number of amides is 1. The van der Waals surface area contributed by atoms with Crippen LogP contribution in [-0.4, -0.2) is 31.5 Å². The maximum absolute atomic E-state index is 12.6. The highest BCUT2D eigenvalue weighted by molar-refractivity contribution is 7.90. The number of benzene rings is 2. The van der Waals surface area contributed by atoms with Gasteiger partial charge < -0.3 is 10.1 Å². The van der Waals surface area contributed by atoms with E-state index in [-0.39, 0.29) is 23.1 Å². The molecule has 1 N–H and O–H groups in total. The maximum atomic E-state index is 12.6. The molecule has 0 aliphatic carbocycles. The quantitative estimate of drug-likeness (QED) is 0.674. The van der Waals surface area contributed by atoms with Crippen LogP contribution in [0.2, 0.25) is 0 Å². The fourth-order valence-electron chi connectivity index (χ4n) is 3.12. The van der Waals surface area contributed by atoms with E-state index in [0.717, 1.165) is 28.6 Å². The van der Waals surface area contributed by atoms with Crippen LogP contribution in [0.25, 0.3) is 0 Å². The van der Waals surface area contributed by atoms with Crippen LogP contribution in [0.1, 0.15) is 22.3 Å². The predicted octanol–water partition coefficient (Wildman–Crippen LogP) is 2.43. The van der Waals surface area contributed by atoms with Crippen LogP contribution in [0.5, 0.6) is 0 Å². The molecule has 1 aliphatic heterocycles. The average molecular weight is 358 g/mol. The smallest absolute Gasteiger partial charge is 0.281 e. The zero-order chi connectivity index (χ0) is 18.4. The van der Waals surface area contributed by atoms with Crippen LogP contribution in [0.15, 0.2) is 46.4 Å². The van der Waals surface area contributed by atoms with E-state index in [4.69, 9.17) is 0 Å². The largest absolute Gasteiger partial charge is 0.410 e. The van der Waals surface area contributed by atoms with Gasteiger partial charge in [0.15, 0.2) is 15.5 Å². The summed E-state index contributed by atoms with van der Waals surface area (Å²) in [5, 5.41) is 12.4. The van der Waals surface area contributed by atoms with Gasteiger partial charge in [-0.25, -0.2) is 8.42 Å². The molecule has 7 heteroatoms. The van der Waals surface area contributed by atoms with E-state index >= 15 is 0 Å². The van der Waals surface area contributed by atoms with Crippen molar-refractivity contribution in [3.8, 4) is 0 Å². The number of rotatable bonds is 3. The minimum Gasteiger partial charge on any atom is -0.410 e. The van der Waals surface area contributed by atoms with Crippen molar-refractivity contribution in [2.75, 3.05) is 11.2 Å². The molecule has 6 nitrogen and oxygen atoms in total. The summed E-state index contributed by atoms with van der Waals surface area (Å²) in [4.78, 5) is 14.4. The highest BCUT2D eigenvalue weighted by atomic mass is 32.2. The first-order valence-electron chi connectivity index (χ1n) is 7.67. The molecule has 0 radical (unpaired) electrons. The van der Waals surface area contributed by atoms with E-state index in [9.17, 15) is 18.4 Å². The number of anilines is 1. The molecule has 0 spiro atoms. The monoisotopic (exact) mass is 358 g/mol. The van der Waals surface area contributed by atoms with Gasteiger partial charge in [0.2, 0.25) is 0 Å². The standard InChI is InChI=1S/C18H18N2O4S/c1-11-8-12(2)17-15(9-11)16(19-22)18(21)20(17)10-13-4-6-14(7-5-13)25(3,23)24/h4-9,22H,10H2,1-3H3/b19-16-. The van der Waals surface area contributed by atoms with Gasteiger partial charge in [-0.05, 0) is 43.2 Å². The lowest BCUT2D eigenvalue weighted by molar-refractivity contribution is -0.112. The third-order valence-electron chi connectivity index (χ3n) is 4.21. The summed E-state index contributed by atoms with van der Waals surface area (Å²) in [6, 6.07) is 10.2. The van der Waals surface area contributed by atoms with Crippen LogP contribution < -0.4 is 4.90 Å². The first-order chi connectivity index (χ1) is 11.7. The molecule has 1 aliphatic rings. The molecule has 1 amide bonds. The Morgan fingerprint density at radius 1 is 1.12 bits per heavy atom. The first kappa shape index (κ1) is 17.2. The zero-order valence-electron chi connectivity index (χ0n) is 14.1. The van der Waals surface area contributed by atoms with Crippen molar-refractivity contribution in [2.45, 2.75) is 25.3 Å². The Kier molecular flexibility index (Phi) is 4.12. The second-order valence-electron chi connectivity index (χ2n) is 6.23. The van der Waals surface area contributed by atoms with Gasteiger partial charge in [-0.3, -0.25) is 4.79 Å². The highest BCUT2D eigenvalue weighted by Gasteiger charge is 2.36. The topological polar surface area (TPSA) is 87.0 Å². The molecular formula is C18H18N2O4S. The van der Waals surface area contributed by atoms with Gasteiger partial charge in [-0.2, -0.15) is 0 Å². The molecule has 0 unspecified atom stereocenters. The number of hydrogen-bond acceptors (Lipinski definition) is 5. The fraction of sp³-hybridized carbons (Fsp3) is 0.222. The van der Waals surface area contributed by atoms with E-state index in [0.29, 0.717) is 5.56 Å². The van der Waals surface area contributed by atoms with E-state index < -0.39 is 9.84 Å². The summed E-state index contributed by atoms with van der Waals surface area (Å²) in [6.07, 6.45) is 1.15. The zero-order valence-corrected chi connectivity index (χ0v) is 15.0. The summed E-state index contributed by atoms with van der Waals surface area (Å²) in [7, 11) is -3.26. The molecule has 0 atom stereocenters. The molecule has 2 aromatic rings. The summed E-state index contributed by atoms with van der Waals surface area (Å²) in [6.45, 7) is 4.08. The second kappa shape index (κ2) is 6.00. The van der Waals surface area contributed by atoms with Crippen molar-refractivity contribution >= 4 is 27.1 Å². The fourth-order valence-corrected chi connectivity index (χ4v) is 3.75. The molecule has 0 bridgehead atoms. The Bertz CT molecular complexity index is 992. The lowest BCUT2D eigenvalue weighted by atomic mass is 10.0. The lowest BCUT2D eigenvalue weighted by Crippen LogP contribution is -2.29.